The zero-order valence-corrected chi connectivity index (χ0v) is 24.4. The van der Waals surface area contributed by atoms with Crippen LogP contribution in [0.1, 0.15) is 44.3 Å². The highest BCUT2D eigenvalue weighted by molar-refractivity contribution is 6.31. The quantitative estimate of drug-likeness (QED) is 0.294. The van der Waals surface area contributed by atoms with Gasteiger partial charge in [0.05, 0.1) is 53.2 Å². The molecule has 0 saturated heterocycles. The fraction of sp³-hybridized carbons (Fsp3) is 0.276. The van der Waals surface area contributed by atoms with Crippen LogP contribution in [0.2, 0.25) is 10.2 Å². The van der Waals surface area contributed by atoms with Crippen LogP contribution in [0.4, 0.5) is 5.69 Å². The minimum atomic E-state index is -0.399. The van der Waals surface area contributed by atoms with Crippen LogP contribution in [0.15, 0.2) is 66.1 Å². The van der Waals surface area contributed by atoms with E-state index in [4.69, 9.17) is 23.2 Å². The molecule has 13 heteroatoms. The lowest BCUT2D eigenvalue weighted by atomic mass is 9.94. The van der Waals surface area contributed by atoms with Gasteiger partial charge in [0.15, 0.2) is 5.15 Å². The van der Waals surface area contributed by atoms with E-state index < -0.39 is 6.04 Å². The summed E-state index contributed by atoms with van der Waals surface area (Å²) in [5.41, 5.74) is 4.37. The van der Waals surface area contributed by atoms with Crippen LogP contribution in [0.5, 0.6) is 0 Å². The molecule has 11 nitrogen and oxygen atoms in total. The number of anilines is 1. The number of rotatable bonds is 4. The first kappa shape index (κ1) is 27.8. The predicted octanol–water partition coefficient (Wildman–Crippen LogP) is 5.33. The van der Waals surface area contributed by atoms with Crippen LogP contribution in [0.25, 0.3) is 28.2 Å². The van der Waals surface area contributed by atoms with Gasteiger partial charge in [0, 0.05) is 41.4 Å². The van der Waals surface area contributed by atoms with Crippen molar-refractivity contribution in [3.63, 3.8) is 0 Å². The van der Waals surface area contributed by atoms with E-state index in [9.17, 15) is 9.59 Å². The van der Waals surface area contributed by atoms with Crippen LogP contribution < -0.4 is 10.9 Å². The van der Waals surface area contributed by atoms with Crippen LogP contribution in [-0.2, 0) is 11.8 Å². The average Bonchev–Trinajstić information content (AvgIpc) is 3.57. The number of aryl methyl sites for hydroxylation is 1. The molecular formula is C29H27Cl2N9O2. The zero-order valence-electron chi connectivity index (χ0n) is 22.9. The molecule has 0 radical (unpaired) electrons. The second-order valence-electron chi connectivity index (χ2n) is 10.2. The molecule has 6 rings (SSSR count). The molecule has 0 aliphatic carbocycles. The van der Waals surface area contributed by atoms with Crippen LogP contribution >= 0.6 is 23.2 Å². The number of nitrogens with zero attached hydrogens (tertiary/aromatic N) is 8. The molecule has 214 valence electrons. The smallest absolute Gasteiger partial charge is 0.254 e. The molecule has 1 N–H and O–H groups in total. The molecule has 1 aliphatic heterocycles. The van der Waals surface area contributed by atoms with Crippen molar-refractivity contribution in [1.29, 1.82) is 0 Å². The Balaban J connectivity index is 1.44. The summed E-state index contributed by atoms with van der Waals surface area (Å²) in [6.07, 6.45) is 9.16. The lowest BCUT2D eigenvalue weighted by molar-refractivity contribution is -0.120. The Kier molecular flexibility index (Phi) is 7.61. The van der Waals surface area contributed by atoms with Gasteiger partial charge in [-0.2, -0.15) is 5.10 Å². The Labute approximate surface area is 251 Å². The van der Waals surface area contributed by atoms with Crippen LogP contribution in [0, 0.1) is 5.92 Å². The summed E-state index contributed by atoms with van der Waals surface area (Å²) in [7, 11) is 1.83. The zero-order chi connectivity index (χ0) is 29.4. The summed E-state index contributed by atoms with van der Waals surface area (Å²) in [6, 6.07) is 10.1. The number of hydrogen-bond donors (Lipinski definition) is 1. The van der Waals surface area contributed by atoms with E-state index in [0.29, 0.717) is 53.3 Å². The van der Waals surface area contributed by atoms with E-state index in [0.717, 1.165) is 17.0 Å². The van der Waals surface area contributed by atoms with Crippen molar-refractivity contribution in [2.45, 2.75) is 38.6 Å². The summed E-state index contributed by atoms with van der Waals surface area (Å²) in [4.78, 5) is 36.2. The normalized spacial score (nSPS) is 17.2. The number of hydrogen-bond acceptors (Lipinski definition) is 7. The van der Waals surface area contributed by atoms with Crippen molar-refractivity contribution in [2.24, 2.45) is 13.0 Å². The minimum absolute atomic E-state index is 0.0349. The number of pyridine rings is 1. The average molecular weight is 605 g/mol. The molecule has 5 aromatic rings. The molecule has 0 saturated carbocycles. The van der Waals surface area contributed by atoms with E-state index in [-0.39, 0.29) is 22.5 Å². The third-order valence-electron chi connectivity index (χ3n) is 7.60. The Morgan fingerprint density at radius 2 is 1.93 bits per heavy atom. The fourth-order valence-corrected chi connectivity index (χ4v) is 5.76. The first-order chi connectivity index (χ1) is 20.3. The second kappa shape index (κ2) is 11.5. The molecule has 1 aromatic carbocycles. The Morgan fingerprint density at radius 3 is 2.69 bits per heavy atom. The van der Waals surface area contributed by atoms with E-state index in [1.54, 1.807) is 52.4 Å². The van der Waals surface area contributed by atoms with Gasteiger partial charge in [-0.3, -0.25) is 23.8 Å². The third-order valence-corrected chi connectivity index (χ3v) is 8.01. The number of carbonyl (C=O) groups is 1. The maximum absolute atomic E-state index is 13.7. The second-order valence-corrected chi connectivity index (χ2v) is 11.0. The van der Waals surface area contributed by atoms with E-state index >= 15 is 0 Å². The molecule has 2 bridgehead atoms. The number of nitrogens with one attached hydrogen (secondary N) is 1. The van der Waals surface area contributed by atoms with Gasteiger partial charge >= 0.3 is 0 Å². The van der Waals surface area contributed by atoms with Gasteiger partial charge in [0.1, 0.15) is 0 Å². The maximum atomic E-state index is 13.7. The maximum Gasteiger partial charge on any atom is 0.254 e. The number of halogens is 2. The summed E-state index contributed by atoms with van der Waals surface area (Å²) in [5.74, 6) is -0.208. The number of fused-ring (bicyclic) bond motifs is 4. The highest BCUT2D eigenvalue weighted by Gasteiger charge is 2.25. The molecule has 5 heterocycles. The molecule has 1 aliphatic rings. The van der Waals surface area contributed by atoms with Crippen molar-refractivity contribution in [3.05, 3.63) is 87.5 Å². The van der Waals surface area contributed by atoms with E-state index in [2.05, 4.69) is 30.7 Å². The topological polar surface area (TPSA) is 125 Å². The number of carbonyl (C=O) groups excluding carboxylic acids is 1. The van der Waals surface area contributed by atoms with Gasteiger partial charge in [0.25, 0.3) is 5.56 Å². The highest BCUT2D eigenvalue weighted by Crippen LogP contribution is 2.33. The molecule has 0 fully saturated rings. The summed E-state index contributed by atoms with van der Waals surface area (Å²) in [6.45, 7) is 2.01. The van der Waals surface area contributed by atoms with Gasteiger partial charge in [0.2, 0.25) is 5.91 Å². The van der Waals surface area contributed by atoms with Crippen molar-refractivity contribution in [3.8, 4) is 28.2 Å². The van der Waals surface area contributed by atoms with Crippen LogP contribution in [-0.4, -0.2) is 45.2 Å². The molecule has 1 amide bonds. The first-order valence-corrected chi connectivity index (χ1v) is 14.3. The van der Waals surface area contributed by atoms with Gasteiger partial charge in [-0.15, -0.1) is 5.10 Å². The summed E-state index contributed by atoms with van der Waals surface area (Å²) >= 11 is 12.3. The first-order valence-electron chi connectivity index (χ1n) is 13.6. The van der Waals surface area contributed by atoms with Gasteiger partial charge < -0.3 is 5.32 Å². The molecule has 0 spiro atoms. The Hall–Kier alpha value is -4.35. The molecular weight excluding hydrogens is 577 g/mol. The number of aromatic nitrogens is 8. The van der Waals surface area contributed by atoms with Crippen molar-refractivity contribution < 1.29 is 4.79 Å². The van der Waals surface area contributed by atoms with Gasteiger partial charge in [-0.05, 0) is 49.6 Å². The standard InChI is InChI=1S/C29H27Cl2N9O2/c1-3-17-5-4-6-25(22-11-18(9-10-32-22)28-23(35-29(17)42)14-34-38(28)2)39-16-33-21(13-27(39)41)20-12-19(30)7-8-24(20)40-15-26(31)36-37-40/h7-17,25H,3-6H2,1-2H3,(H,35,42). The minimum Gasteiger partial charge on any atom is -0.323 e. The molecule has 2 atom stereocenters. The third kappa shape index (κ3) is 5.33. The number of benzene rings is 1. The SMILES string of the molecule is CCC1CCCC(n2cnc(-c3cc(Cl)ccc3-n3cc(Cl)nn3)cc2=O)c2cc(ccn2)-c2c(cnn2C)NC1=O. The largest absolute Gasteiger partial charge is 0.323 e. The Bertz CT molecular complexity index is 1840. The van der Waals surface area contributed by atoms with Crippen molar-refractivity contribution >= 4 is 34.8 Å². The number of amides is 1. The fourth-order valence-electron chi connectivity index (χ4n) is 5.46. The van der Waals surface area contributed by atoms with E-state index in [1.807, 2.05) is 26.1 Å². The molecule has 42 heavy (non-hydrogen) atoms. The van der Waals surface area contributed by atoms with Gasteiger partial charge in [-0.25, -0.2) is 9.67 Å². The van der Waals surface area contributed by atoms with E-state index in [1.165, 1.54) is 10.7 Å². The Morgan fingerprint density at radius 1 is 1.07 bits per heavy atom. The lowest BCUT2D eigenvalue weighted by Crippen LogP contribution is -2.27. The summed E-state index contributed by atoms with van der Waals surface area (Å²) < 4.78 is 4.84. The van der Waals surface area contributed by atoms with Crippen LogP contribution in [0.3, 0.4) is 0 Å². The molecule has 2 unspecified atom stereocenters. The molecule has 4 aromatic heterocycles. The predicted molar refractivity (Wildman–Crippen MR) is 160 cm³/mol. The summed E-state index contributed by atoms with van der Waals surface area (Å²) in [5, 5.41) is 16.1. The van der Waals surface area contributed by atoms with Crippen molar-refractivity contribution in [1.82, 2.24) is 39.3 Å². The lowest BCUT2D eigenvalue weighted by Gasteiger charge is -2.23. The van der Waals surface area contributed by atoms with Gasteiger partial charge in [-0.1, -0.05) is 41.8 Å². The highest BCUT2D eigenvalue weighted by atomic mass is 35.5. The van der Waals surface area contributed by atoms with Crippen molar-refractivity contribution in [2.75, 3.05) is 5.32 Å². The monoisotopic (exact) mass is 603 g/mol.